The molecule has 0 saturated heterocycles. The second-order valence-electron chi connectivity index (χ2n) is 21.4. The van der Waals surface area contributed by atoms with Crippen molar-refractivity contribution in [3.05, 3.63) is 136 Å². The number of unbranched alkanes of at least 4 members (excludes halogenated alkanes) is 6. The first-order valence-corrected chi connectivity index (χ1v) is 28.4. The van der Waals surface area contributed by atoms with Crippen LogP contribution in [0.2, 0.25) is 0 Å². The largest absolute Gasteiger partial charge is 0.481 e. The molecule has 6 aliphatic rings. The SMILES string of the molecule is CCCCC1=CC=C(/C2=C3N=C(/C=c4\[nH]/c(c(C)c4CCCC)=C(/C4=CC=C(CCCC)C(=C=O)C4OC)C4=N/C(=C\C5NC2=C(C)C5(CCCC)C(=O)O)C(CCCC)=C4C)C(CCCC)=C/3C)C(OC)C1=C=O. The van der Waals surface area contributed by atoms with Crippen molar-refractivity contribution >= 4 is 40.9 Å². The summed E-state index contributed by atoms with van der Waals surface area (Å²) in [5.41, 5.74) is 15.5. The van der Waals surface area contributed by atoms with E-state index >= 15 is 0 Å². The molecule has 3 N–H and O–H groups in total. The highest BCUT2D eigenvalue weighted by atomic mass is 16.5. The van der Waals surface area contributed by atoms with Crippen LogP contribution < -0.4 is 16.0 Å². The molecule has 4 unspecified atom stereocenters. The summed E-state index contributed by atoms with van der Waals surface area (Å²) >= 11 is 0. The van der Waals surface area contributed by atoms with E-state index in [1.54, 1.807) is 14.2 Å². The summed E-state index contributed by atoms with van der Waals surface area (Å²) in [5, 5.41) is 17.7. The van der Waals surface area contributed by atoms with Crippen LogP contribution in [0.1, 0.15) is 183 Å². The first-order chi connectivity index (χ1) is 36.3. The lowest BCUT2D eigenvalue weighted by atomic mass is 9.71. The standard InChI is InChI=1S/C65H84N4O6/c1-13-19-25-43-30-32-48(62(74-11)50(43)37-70)56-58-39(7)45(27-21-15-3)52(66-58)35-53-46(28-22-16-4)40(8)60(67-53)57(49-33-31-44(26-20-14-2)51(38-71)63(49)75-12)61-42(10)65(64(72)73,34-24-18-6)55(69-61)36-54-47(29-23-17-5)41(9)59(56)68-54/h30-33,35-36,55,62-63,66,69H,13-29,34H2,1-12H3,(H,72,73)/b52-35-,54-36-,58-56-,60-57-. The summed E-state index contributed by atoms with van der Waals surface area (Å²) in [6.45, 7) is 21.5. The number of H-pyrrole nitrogens is 1. The van der Waals surface area contributed by atoms with Crippen LogP contribution in [0.5, 0.6) is 0 Å². The zero-order valence-corrected chi connectivity index (χ0v) is 47.3. The van der Waals surface area contributed by atoms with Crippen LogP contribution in [-0.4, -0.2) is 71.8 Å². The Kier molecular flexibility index (Phi) is 19.2. The van der Waals surface area contributed by atoms with Crippen molar-refractivity contribution in [1.29, 1.82) is 0 Å². The Hall–Kier alpha value is -5.89. The van der Waals surface area contributed by atoms with Crippen molar-refractivity contribution in [3.63, 3.8) is 0 Å². The first-order valence-electron chi connectivity index (χ1n) is 28.4. The summed E-state index contributed by atoms with van der Waals surface area (Å²) in [6, 6.07) is -0.734. The lowest BCUT2D eigenvalue weighted by Crippen LogP contribution is -2.44. The van der Waals surface area contributed by atoms with E-state index in [-0.39, 0.29) is 0 Å². The second kappa shape index (κ2) is 25.3. The molecule has 10 nitrogen and oxygen atoms in total. The molecule has 0 radical (unpaired) electrons. The quantitative estimate of drug-likeness (QED) is 0.0927. The van der Waals surface area contributed by atoms with Gasteiger partial charge in [0, 0.05) is 36.4 Å². The average Bonchev–Trinajstić information content (AvgIpc) is 4.11. The second-order valence-corrected chi connectivity index (χ2v) is 21.4. The molecule has 4 atom stereocenters. The monoisotopic (exact) mass is 1020 g/mol. The molecular formula is C65H84N4O6. The number of aromatic amines is 1. The molecule has 8 bridgehead atoms. The number of rotatable bonds is 23. The van der Waals surface area contributed by atoms with Gasteiger partial charge < -0.3 is 24.9 Å². The molecule has 5 heterocycles. The molecule has 0 amide bonds. The molecule has 75 heavy (non-hydrogen) atoms. The number of allylic oxidation sites excluding steroid dienone is 9. The summed E-state index contributed by atoms with van der Waals surface area (Å²) < 4.78 is 12.8. The van der Waals surface area contributed by atoms with Crippen LogP contribution >= 0.6 is 0 Å². The smallest absolute Gasteiger partial charge is 0.316 e. The number of carboxylic acid groups (broad SMARTS) is 1. The third kappa shape index (κ3) is 10.7. The number of carbonyl (C=O) groups is 1. The minimum Gasteiger partial charge on any atom is -0.481 e. The molecular weight excluding hydrogens is 933 g/mol. The highest BCUT2D eigenvalue weighted by Crippen LogP contribution is 2.51. The molecule has 4 aliphatic heterocycles. The van der Waals surface area contributed by atoms with Gasteiger partial charge in [-0.2, -0.15) is 0 Å². The number of fused-ring (bicyclic) bond motifs is 6. The number of carbonyl (C=O) groups excluding carboxylic acids is 2. The number of aromatic nitrogens is 1. The lowest BCUT2D eigenvalue weighted by Gasteiger charge is -2.31. The van der Waals surface area contributed by atoms with Crippen LogP contribution in [-0.2, 0) is 30.3 Å². The number of aliphatic imine (C=N–C) groups is 2. The maximum absolute atomic E-state index is 14.6. The van der Waals surface area contributed by atoms with E-state index in [1.807, 2.05) is 13.0 Å². The number of ether oxygens (including phenoxy) is 2. The minimum atomic E-state index is -1.38. The number of nitrogens with one attached hydrogen (secondary N) is 2. The number of hydrogen-bond donors (Lipinski definition) is 3. The van der Waals surface area contributed by atoms with Crippen molar-refractivity contribution in [2.75, 3.05) is 14.2 Å². The van der Waals surface area contributed by atoms with E-state index in [2.05, 4.69) is 115 Å². The Morgan fingerprint density at radius 2 is 1.21 bits per heavy atom. The Balaban J connectivity index is 1.73. The molecule has 0 spiro atoms. The molecule has 0 fully saturated rings. The van der Waals surface area contributed by atoms with E-state index in [0.29, 0.717) is 41.7 Å². The van der Waals surface area contributed by atoms with Crippen LogP contribution in [0.3, 0.4) is 0 Å². The fraction of sp³-hybridized carbons (Fsp3) is 0.523. The number of methoxy groups -OCH3 is 2. The first kappa shape index (κ1) is 56.8. The molecule has 2 aliphatic carbocycles. The minimum absolute atomic E-state index is 0.381. The van der Waals surface area contributed by atoms with Crippen molar-refractivity contribution in [2.24, 2.45) is 15.4 Å². The van der Waals surface area contributed by atoms with Crippen molar-refractivity contribution < 1.29 is 29.0 Å². The van der Waals surface area contributed by atoms with Gasteiger partial charge in [-0.15, -0.1) is 0 Å². The van der Waals surface area contributed by atoms with Gasteiger partial charge in [-0.1, -0.05) is 111 Å². The van der Waals surface area contributed by atoms with Gasteiger partial charge in [0.1, 0.15) is 29.5 Å². The van der Waals surface area contributed by atoms with E-state index in [4.69, 9.17) is 19.5 Å². The number of aliphatic carboxylic acids is 1. The van der Waals surface area contributed by atoms with Gasteiger partial charge >= 0.3 is 5.97 Å². The predicted molar refractivity (Wildman–Crippen MR) is 306 cm³/mol. The maximum Gasteiger partial charge on any atom is 0.316 e. The van der Waals surface area contributed by atoms with Gasteiger partial charge in [0.05, 0.1) is 45.4 Å². The highest BCUT2D eigenvalue weighted by Gasteiger charge is 2.53. The summed E-state index contributed by atoms with van der Waals surface area (Å²) in [5.74, 6) is 3.74. The van der Waals surface area contributed by atoms with E-state index in [9.17, 15) is 19.5 Å². The fourth-order valence-corrected chi connectivity index (χ4v) is 12.3. The van der Waals surface area contributed by atoms with Crippen LogP contribution in [0, 0.1) is 12.3 Å². The number of carboxylic acids is 1. The predicted octanol–water partition coefficient (Wildman–Crippen LogP) is 12.8. The van der Waals surface area contributed by atoms with Gasteiger partial charge in [0.25, 0.3) is 0 Å². The molecule has 10 heteroatoms. The van der Waals surface area contributed by atoms with E-state index in [1.165, 1.54) is 5.56 Å². The van der Waals surface area contributed by atoms with Crippen LogP contribution in [0.4, 0.5) is 0 Å². The number of nitrogens with zero attached hydrogens (tertiary/aromatic N) is 2. The van der Waals surface area contributed by atoms with Gasteiger partial charge in [-0.05, 0) is 172 Å². The zero-order valence-electron chi connectivity index (χ0n) is 47.3. The summed E-state index contributed by atoms with van der Waals surface area (Å²) in [4.78, 5) is 56.4. The number of hydrogen-bond acceptors (Lipinski definition) is 8. The molecule has 1 aromatic heterocycles. The average molecular weight is 1020 g/mol. The van der Waals surface area contributed by atoms with Gasteiger partial charge in [-0.25, -0.2) is 19.6 Å². The molecule has 7 rings (SSSR count). The van der Waals surface area contributed by atoms with Crippen LogP contribution in [0.15, 0.2) is 124 Å². The lowest BCUT2D eigenvalue weighted by molar-refractivity contribution is -0.147. The summed E-state index contributed by atoms with van der Waals surface area (Å²) in [7, 11) is 3.30. The molecule has 0 aromatic carbocycles. The Morgan fingerprint density at radius 3 is 1.75 bits per heavy atom. The third-order valence-corrected chi connectivity index (χ3v) is 16.8. The summed E-state index contributed by atoms with van der Waals surface area (Å²) in [6.07, 6.45) is 26.4. The molecule has 400 valence electrons. The zero-order chi connectivity index (χ0) is 54.1. The third-order valence-electron chi connectivity index (χ3n) is 16.8. The van der Waals surface area contributed by atoms with Gasteiger partial charge in [0.2, 0.25) is 0 Å². The van der Waals surface area contributed by atoms with E-state index in [0.717, 1.165) is 191 Å². The van der Waals surface area contributed by atoms with Crippen molar-refractivity contribution in [3.8, 4) is 0 Å². The van der Waals surface area contributed by atoms with Crippen LogP contribution in [0.25, 0.3) is 11.6 Å². The highest BCUT2D eigenvalue weighted by molar-refractivity contribution is 6.33. The Labute approximate surface area is 447 Å². The normalized spacial score (nSPS) is 25.5. The Morgan fingerprint density at radius 1 is 0.680 bits per heavy atom. The fourth-order valence-electron chi connectivity index (χ4n) is 12.3. The molecule has 0 saturated carbocycles. The van der Waals surface area contributed by atoms with E-state index < -0.39 is 29.6 Å². The Bertz CT molecular complexity index is 3040. The van der Waals surface area contributed by atoms with Gasteiger partial charge in [-0.3, -0.25) is 4.79 Å². The van der Waals surface area contributed by atoms with Gasteiger partial charge in [0.15, 0.2) is 0 Å². The topological polar surface area (TPSA) is 142 Å². The van der Waals surface area contributed by atoms with Crippen molar-refractivity contribution in [2.45, 2.75) is 203 Å². The maximum atomic E-state index is 14.6. The molecule has 1 aromatic rings. The van der Waals surface area contributed by atoms with Crippen molar-refractivity contribution in [1.82, 2.24) is 10.3 Å².